The van der Waals surface area contributed by atoms with E-state index in [2.05, 4.69) is 180 Å². The van der Waals surface area contributed by atoms with Crippen molar-refractivity contribution >= 4 is 43.9 Å². The highest BCUT2D eigenvalue weighted by atomic mass is 16.3. The minimum absolute atomic E-state index is 0.347. The van der Waals surface area contributed by atoms with Gasteiger partial charge >= 0.3 is 0 Å². The van der Waals surface area contributed by atoms with Crippen LogP contribution in [0.5, 0.6) is 0 Å². The Balaban J connectivity index is 1.36. The summed E-state index contributed by atoms with van der Waals surface area (Å²) in [5, 5.41) is 7.29. The summed E-state index contributed by atoms with van der Waals surface area (Å²) in [5.41, 5.74) is 20.5. The third-order valence-electron chi connectivity index (χ3n) is 13.6. The lowest BCUT2D eigenvalue weighted by Gasteiger charge is -2.24. The third kappa shape index (κ3) is 5.66. The van der Waals surface area contributed by atoms with Crippen molar-refractivity contribution in [1.29, 1.82) is 0 Å². The predicted octanol–water partition coefficient (Wildman–Crippen LogP) is 15.5. The van der Waals surface area contributed by atoms with E-state index < -0.39 is 0 Å². The van der Waals surface area contributed by atoms with E-state index in [1.807, 2.05) is 0 Å². The second-order valence-corrected chi connectivity index (χ2v) is 19.6. The number of para-hydroxylation sites is 2. The summed E-state index contributed by atoms with van der Waals surface area (Å²) < 4.78 is 13.9. The summed E-state index contributed by atoms with van der Waals surface area (Å²) in [4.78, 5) is 0. The van der Waals surface area contributed by atoms with E-state index in [0.717, 1.165) is 22.7 Å². The van der Waals surface area contributed by atoms with Crippen molar-refractivity contribution in [2.75, 3.05) is 0 Å². The van der Waals surface area contributed by atoms with Crippen LogP contribution in [-0.4, -0.2) is 0 Å². The molecule has 0 amide bonds. The zero-order valence-corrected chi connectivity index (χ0v) is 37.5. The van der Waals surface area contributed by atoms with Gasteiger partial charge in [0.25, 0.3) is 0 Å². The molecular formula is C58H58O2. The summed E-state index contributed by atoms with van der Waals surface area (Å²) in [6.07, 6.45) is 0. The number of rotatable bonds is 8. The van der Waals surface area contributed by atoms with Crippen LogP contribution in [0.4, 0.5) is 0 Å². The lowest BCUT2D eigenvalue weighted by atomic mass is 9.80. The summed E-state index contributed by atoms with van der Waals surface area (Å²) in [6, 6.07) is 37.0. The highest BCUT2D eigenvalue weighted by molar-refractivity contribution is 6.11. The topological polar surface area (TPSA) is 26.3 Å². The molecule has 2 aliphatic carbocycles. The number of fused-ring (bicyclic) bond motifs is 11. The molecular weight excluding hydrogens is 729 g/mol. The van der Waals surface area contributed by atoms with Crippen LogP contribution in [-0.2, 0) is 0 Å². The Morgan fingerprint density at radius 3 is 1.00 bits per heavy atom. The molecule has 2 heterocycles. The van der Waals surface area contributed by atoms with Crippen LogP contribution < -0.4 is 10.4 Å². The van der Waals surface area contributed by atoms with E-state index in [9.17, 15) is 0 Å². The molecule has 2 aromatic heterocycles. The Labute approximate surface area is 355 Å². The summed E-state index contributed by atoms with van der Waals surface area (Å²) in [7, 11) is 0. The molecule has 0 unspecified atom stereocenters. The van der Waals surface area contributed by atoms with Gasteiger partial charge in [0.2, 0.25) is 0 Å². The van der Waals surface area contributed by atoms with E-state index in [1.54, 1.807) is 0 Å². The fourth-order valence-corrected chi connectivity index (χ4v) is 10.4. The molecule has 2 heteroatoms. The minimum atomic E-state index is 0.347. The van der Waals surface area contributed by atoms with Gasteiger partial charge in [-0.05, 0) is 138 Å². The van der Waals surface area contributed by atoms with Crippen molar-refractivity contribution in [2.24, 2.45) is 0 Å². The van der Waals surface area contributed by atoms with Crippen LogP contribution in [0, 0.1) is 0 Å². The number of hydrogen-bond donors (Lipinski definition) is 0. The molecule has 0 atom stereocenters. The Bertz CT molecular complexity index is 2930. The molecule has 10 rings (SSSR count). The first-order valence-electron chi connectivity index (χ1n) is 22.5. The molecule has 0 aliphatic heterocycles. The molecule has 302 valence electrons. The normalized spacial score (nSPS) is 13.5. The second-order valence-electron chi connectivity index (χ2n) is 19.6. The Kier molecular flexibility index (Phi) is 8.99. The Hall–Kier alpha value is -5.60. The fraction of sp³-hybridized carbons (Fsp3) is 0.310. The van der Waals surface area contributed by atoms with Gasteiger partial charge in [-0.2, -0.15) is 0 Å². The average Bonchev–Trinajstić information content (AvgIpc) is 3.94. The van der Waals surface area contributed by atoms with Crippen LogP contribution >= 0.6 is 0 Å². The molecule has 0 radical (unpaired) electrons. The van der Waals surface area contributed by atoms with Crippen molar-refractivity contribution in [3.05, 3.63) is 163 Å². The highest BCUT2D eigenvalue weighted by Gasteiger charge is 2.35. The number of furan rings is 2. The van der Waals surface area contributed by atoms with Crippen molar-refractivity contribution < 1.29 is 8.83 Å². The first kappa shape index (κ1) is 38.6. The van der Waals surface area contributed by atoms with Crippen LogP contribution in [0.25, 0.3) is 66.5 Å². The van der Waals surface area contributed by atoms with Crippen molar-refractivity contribution in [2.45, 2.75) is 119 Å². The predicted molar refractivity (Wildman–Crippen MR) is 254 cm³/mol. The molecule has 6 aromatic carbocycles. The van der Waals surface area contributed by atoms with Gasteiger partial charge in [-0.3, -0.25) is 0 Å². The summed E-state index contributed by atoms with van der Waals surface area (Å²) in [6.45, 7) is 28.1. The minimum Gasteiger partial charge on any atom is -0.455 e. The van der Waals surface area contributed by atoms with E-state index >= 15 is 0 Å². The van der Waals surface area contributed by atoms with Gasteiger partial charge in [0.1, 0.15) is 22.7 Å². The molecule has 2 nitrogen and oxygen atoms in total. The molecule has 60 heavy (non-hydrogen) atoms. The van der Waals surface area contributed by atoms with Gasteiger partial charge in [-0.25, -0.2) is 0 Å². The SMILES string of the molecule is CC(C)c1cc(C(C)C)c(C2=c3cc4cc5c(cc4cc3-c3oc4ccccc4c32)=C(c2c(C(C)C)cc(C(C)C)cc2C(C)C)c2c-5oc3ccccc23)c(C(C)C)c1. The zero-order valence-electron chi connectivity index (χ0n) is 37.5. The van der Waals surface area contributed by atoms with Gasteiger partial charge in [-0.1, -0.05) is 144 Å². The monoisotopic (exact) mass is 786 g/mol. The van der Waals surface area contributed by atoms with E-state index in [0.29, 0.717) is 35.5 Å². The van der Waals surface area contributed by atoms with Crippen LogP contribution in [0.1, 0.15) is 174 Å². The maximum atomic E-state index is 6.94. The first-order chi connectivity index (χ1) is 28.7. The number of hydrogen-bond acceptors (Lipinski definition) is 2. The molecule has 0 saturated heterocycles. The van der Waals surface area contributed by atoms with Gasteiger partial charge in [0, 0.05) is 44.2 Å². The second kappa shape index (κ2) is 14.0. The van der Waals surface area contributed by atoms with Gasteiger partial charge < -0.3 is 8.83 Å². The molecule has 0 saturated carbocycles. The number of benzene rings is 6. The first-order valence-corrected chi connectivity index (χ1v) is 22.5. The standard InChI is InChI=1S/C58H58O2/c1-29(2)35-21-41(31(5)6)51(42(22-35)32(7)8)53-45-25-37-28-48-46(26-38(37)27-47(45)57-55(53)39-17-13-15-19-49(39)59-57)54(56-40-18-14-16-20-50(40)60-58(48)56)52-43(33(9)10)23-36(30(3)4)24-44(52)34(11)12/h13-34H,1-12H3. The van der Waals surface area contributed by atoms with E-state index in [4.69, 9.17) is 8.83 Å². The molecule has 0 spiro atoms. The van der Waals surface area contributed by atoms with Crippen molar-refractivity contribution in [1.82, 2.24) is 0 Å². The quantitative estimate of drug-likeness (QED) is 0.153. The van der Waals surface area contributed by atoms with Crippen LogP contribution in [0.15, 0.2) is 106 Å². The smallest absolute Gasteiger partial charge is 0.143 e. The maximum absolute atomic E-state index is 6.94. The van der Waals surface area contributed by atoms with Crippen LogP contribution in [0.3, 0.4) is 0 Å². The van der Waals surface area contributed by atoms with Crippen LogP contribution in [0.2, 0.25) is 0 Å². The summed E-state index contributed by atoms with van der Waals surface area (Å²) >= 11 is 0. The maximum Gasteiger partial charge on any atom is 0.143 e. The van der Waals surface area contributed by atoms with Gasteiger partial charge in [-0.15, -0.1) is 0 Å². The fourth-order valence-electron chi connectivity index (χ4n) is 10.4. The molecule has 0 bridgehead atoms. The molecule has 2 aliphatic rings. The van der Waals surface area contributed by atoms with Crippen molar-refractivity contribution in [3.8, 4) is 22.6 Å². The zero-order chi connectivity index (χ0) is 42.0. The average molecular weight is 787 g/mol. The lowest BCUT2D eigenvalue weighted by molar-refractivity contribution is 0.631. The summed E-state index contributed by atoms with van der Waals surface area (Å²) in [5.74, 6) is 4.24. The van der Waals surface area contributed by atoms with Gasteiger partial charge in [0.05, 0.1) is 0 Å². The Morgan fingerprint density at radius 1 is 0.350 bits per heavy atom. The molecule has 0 fully saturated rings. The van der Waals surface area contributed by atoms with Gasteiger partial charge in [0.15, 0.2) is 0 Å². The van der Waals surface area contributed by atoms with E-state index in [-0.39, 0.29) is 0 Å². The molecule has 0 N–H and O–H groups in total. The Morgan fingerprint density at radius 2 is 0.683 bits per heavy atom. The lowest BCUT2D eigenvalue weighted by Crippen LogP contribution is -2.14. The highest BCUT2D eigenvalue weighted by Crippen LogP contribution is 2.50. The largest absolute Gasteiger partial charge is 0.455 e. The van der Waals surface area contributed by atoms with Crippen molar-refractivity contribution in [3.63, 3.8) is 0 Å². The molecule has 8 aromatic rings. The van der Waals surface area contributed by atoms with E-state index in [1.165, 1.54) is 110 Å². The third-order valence-corrected chi connectivity index (χ3v) is 13.6.